The van der Waals surface area contributed by atoms with E-state index in [1.807, 2.05) is 30.0 Å². The van der Waals surface area contributed by atoms with Crippen LogP contribution in [0.4, 0.5) is 0 Å². The number of halogens is 1. The van der Waals surface area contributed by atoms with E-state index in [4.69, 9.17) is 11.6 Å². The van der Waals surface area contributed by atoms with Gasteiger partial charge in [-0.05, 0) is 42.3 Å². The normalized spacial score (nSPS) is 10.7. The summed E-state index contributed by atoms with van der Waals surface area (Å²) in [5.74, 6) is 0.908. The molecule has 2 rings (SSSR count). The lowest BCUT2D eigenvalue weighted by Gasteiger charge is -2.07. The molecule has 106 valence electrons. The molecule has 0 saturated heterocycles. The molecule has 0 heterocycles. The van der Waals surface area contributed by atoms with Gasteiger partial charge in [0, 0.05) is 22.2 Å². The van der Waals surface area contributed by atoms with Crippen molar-refractivity contribution in [1.82, 2.24) is 5.32 Å². The lowest BCUT2D eigenvalue weighted by atomic mass is 10.2. The van der Waals surface area contributed by atoms with E-state index >= 15 is 0 Å². The van der Waals surface area contributed by atoms with E-state index in [0.29, 0.717) is 0 Å². The summed E-state index contributed by atoms with van der Waals surface area (Å²) >= 11 is 8.01. The first-order chi connectivity index (χ1) is 9.79. The van der Waals surface area contributed by atoms with Gasteiger partial charge in [0.1, 0.15) is 0 Å². The van der Waals surface area contributed by atoms with Gasteiger partial charge in [0.05, 0.1) is 0 Å². The number of rotatable bonds is 7. The second-order valence-corrected chi connectivity index (χ2v) is 6.16. The van der Waals surface area contributed by atoms with Crippen LogP contribution < -0.4 is 5.32 Å². The Kier molecular flexibility index (Phi) is 6.44. The lowest BCUT2D eigenvalue weighted by Crippen LogP contribution is -2.13. The molecule has 0 spiro atoms. The van der Waals surface area contributed by atoms with Gasteiger partial charge >= 0.3 is 0 Å². The Morgan fingerprint density at radius 2 is 1.95 bits per heavy atom. The van der Waals surface area contributed by atoms with E-state index < -0.39 is 0 Å². The summed E-state index contributed by atoms with van der Waals surface area (Å²) in [5, 5.41) is 4.28. The molecule has 20 heavy (non-hydrogen) atoms. The first-order valence-corrected chi connectivity index (χ1v) is 8.32. The van der Waals surface area contributed by atoms with Crippen molar-refractivity contribution in [3.05, 3.63) is 64.7 Å². The molecule has 2 aromatic rings. The Hall–Kier alpha value is -0.960. The first-order valence-electron chi connectivity index (χ1n) is 6.95. The fraction of sp³-hybridized carbons (Fsp3) is 0.294. The molecule has 2 aromatic carbocycles. The van der Waals surface area contributed by atoms with E-state index in [9.17, 15) is 0 Å². The van der Waals surface area contributed by atoms with Crippen molar-refractivity contribution in [2.24, 2.45) is 0 Å². The predicted molar refractivity (Wildman–Crippen MR) is 89.5 cm³/mol. The van der Waals surface area contributed by atoms with Gasteiger partial charge in [0.15, 0.2) is 0 Å². The smallest absolute Gasteiger partial charge is 0.0446 e. The van der Waals surface area contributed by atoms with Crippen molar-refractivity contribution in [3.63, 3.8) is 0 Å². The van der Waals surface area contributed by atoms with Gasteiger partial charge in [-0.15, -0.1) is 11.8 Å². The third-order valence-corrected chi connectivity index (χ3v) is 4.42. The van der Waals surface area contributed by atoms with Crippen LogP contribution in [-0.4, -0.2) is 6.54 Å². The topological polar surface area (TPSA) is 12.0 Å². The average molecular weight is 306 g/mol. The Morgan fingerprint density at radius 3 is 2.75 bits per heavy atom. The van der Waals surface area contributed by atoms with Crippen LogP contribution in [0, 0.1) is 0 Å². The number of hydrogen-bond acceptors (Lipinski definition) is 2. The zero-order valence-electron chi connectivity index (χ0n) is 11.7. The molecule has 0 unspecified atom stereocenters. The summed E-state index contributed by atoms with van der Waals surface area (Å²) in [7, 11) is 0. The molecule has 0 radical (unpaired) electrons. The van der Waals surface area contributed by atoms with Crippen LogP contribution >= 0.6 is 23.4 Å². The van der Waals surface area contributed by atoms with E-state index in [2.05, 4.69) is 42.6 Å². The maximum Gasteiger partial charge on any atom is 0.0446 e. The van der Waals surface area contributed by atoms with E-state index in [1.54, 1.807) is 0 Å². The third kappa shape index (κ3) is 4.86. The number of benzene rings is 2. The zero-order valence-corrected chi connectivity index (χ0v) is 13.3. The highest BCUT2D eigenvalue weighted by atomic mass is 35.5. The van der Waals surface area contributed by atoms with Crippen LogP contribution in [0.25, 0.3) is 0 Å². The van der Waals surface area contributed by atoms with Gasteiger partial charge in [-0.1, -0.05) is 48.9 Å². The summed E-state index contributed by atoms with van der Waals surface area (Å²) in [4.78, 5) is 1.29. The molecule has 0 aromatic heterocycles. The summed E-state index contributed by atoms with van der Waals surface area (Å²) in [6, 6.07) is 16.7. The maximum atomic E-state index is 6.18. The molecule has 0 amide bonds. The highest BCUT2D eigenvalue weighted by molar-refractivity contribution is 7.98. The largest absolute Gasteiger partial charge is 0.313 e. The quantitative estimate of drug-likeness (QED) is 0.562. The van der Waals surface area contributed by atoms with Crippen LogP contribution in [0.1, 0.15) is 24.5 Å². The van der Waals surface area contributed by atoms with Crippen LogP contribution in [0.5, 0.6) is 0 Å². The van der Waals surface area contributed by atoms with Gasteiger partial charge in [-0.25, -0.2) is 0 Å². The molecule has 0 atom stereocenters. The van der Waals surface area contributed by atoms with Gasteiger partial charge in [-0.3, -0.25) is 0 Å². The predicted octanol–water partition coefficient (Wildman–Crippen LogP) is 5.13. The van der Waals surface area contributed by atoms with Gasteiger partial charge < -0.3 is 5.32 Å². The van der Waals surface area contributed by atoms with Crippen molar-refractivity contribution in [2.75, 3.05) is 6.54 Å². The summed E-state index contributed by atoms with van der Waals surface area (Å²) in [6.45, 7) is 4.19. The minimum atomic E-state index is 0.848. The summed E-state index contributed by atoms with van der Waals surface area (Å²) in [5.41, 5.74) is 2.52. The Balaban J connectivity index is 1.93. The SMILES string of the molecule is CCCNCc1cccc(SCc2ccccc2Cl)c1. The first kappa shape index (κ1) is 15.4. The molecule has 0 aliphatic carbocycles. The van der Waals surface area contributed by atoms with Gasteiger partial charge in [0.2, 0.25) is 0 Å². The molecular weight excluding hydrogens is 286 g/mol. The second kappa shape index (κ2) is 8.35. The fourth-order valence-electron chi connectivity index (χ4n) is 1.93. The Bertz CT molecular complexity index is 542. The van der Waals surface area contributed by atoms with Crippen molar-refractivity contribution in [3.8, 4) is 0 Å². The number of thioether (sulfide) groups is 1. The van der Waals surface area contributed by atoms with Crippen molar-refractivity contribution >= 4 is 23.4 Å². The summed E-state index contributed by atoms with van der Waals surface area (Å²) in [6.07, 6.45) is 1.17. The third-order valence-electron chi connectivity index (χ3n) is 3.01. The monoisotopic (exact) mass is 305 g/mol. The highest BCUT2D eigenvalue weighted by Gasteiger charge is 2.01. The molecule has 0 bridgehead atoms. The molecule has 0 aliphatic rings. The van der Waals surface area contributed by atoms with E-state index in [0.717, 1.165) is 23.9 Å². The van der Waals surface area contributed by atoms with Gasteiger partial charge in [0.25, 0.3) is 0 Å². The molecule has 0 aliphatic heterocycles. The molecule has 1 N–H and O–H groups in total. The second-order valence-electron chi connectivity index (χ2n) is 4.70. The highest BCUT2D eigenvalue weighted by Crippen LogP contribution is 2.27. The minimum absolute atomic E-state index is 0.848. The van der Waals surface area contributed by atoms with Crippen molar-refractivity contribution in [1.29, 1.82) is 0 Å². The molecule has 1 nitrogen and oxygen atoms in total. The number of hydrogen-bond donors (Lipinski definition) is 1. The summed E-state index contributed by atoms with van der Waals surface area (Å²) < 4.78 is 0. The average Bonchev–Trinajstić information content (AvgIpc) is 2.47. The fourth-order valence-corrected chi connectivity index (χ4v) is 3.20. The molecule has 3 heteroatoms. The maximum absolute atomic E-state index is 6.18. The zero-order chi connectivity index (χ0) is 14.2. The minimum Gasteiger partial charge on any atom is -0.313 e. The molecular formula is C17H20ClNS. The number of nitrogens with one attached hydrogen (secondary N) is 1. The Morgan fingerprint density at radius 1 is 1.10 bits per heavy atom. The van der Waals surface area contributed by atoms with Gasteiger partial charge in [-0.2, -0.15) is 0 Å². The molecule has 0 saturated carbocycles. The van der Waals surface area contributed by atoms with E-state index in [1.165, 1.54) is 22.4 Å². The molecule has 0 fully saturated rings. The van der Waals surface area contributed by atoms with Crippen LogP contribution in [0.3, 0.4) is 0 Å². The van der Waals surface area contributed by atoms with Crippen LogP contribution in [-0.2, 0) is 12.3 Å². The van der Waals surface area contributed by atoms with E-state index in [-0.39, 0.29) is 0 Å². The van der Waals surface area contributed by atoms with Crippen molar-refractivity contribution < 1.29 is 0 Å². The van der Waals surface area contributed by atoms with Crippen molar-refractivity contribution in [2.45, 2.75) is 30.5 Å². The van der Waals surface area contributed by atoms with Crippen LogP contribution in [0.2, 0.25) is 5.02 Å². The van der Waals surface area contributed by atoms with Crippen LogP contribution in [0.15, 0.2) is 53.4 Å². The standard InChI is InChI=1S/C17H20ClNS/c1-2-10-19-12-14-6-5-8-16(11-14)20-13-15-7-3-4-9-17(15)18/h3-9,11,19H,2,10,12-13H2,1H3. The lowest BCUT2D eigenvalue weighted by molar-refractivity contribution is 0.674. The Labute approximate surface area is 130 Å².